The first-order chi connectivity index (χ1) is 43.2. The number of nitrogens with two attached hydrogens (primary N) is 2. The van der Waals surface area contributed by atoms with Gasteiger partial charge >= 0.3 is 36.3 Å². The topological polar surface area (TPSA) is 381 Å². The van der Waals surface area contributed by atoms with Crippen LogP contribution in [-0.4, -0.2) is 192 Å². The molecule has 3 rings (SSSR count). The van der Waals surface area contributed by atoms with E-state index in [4.69, 9.17) is 40.7 Å². The summed E-state index contributed by atoms with van der Waals surface area (Å²) in [4.78, 5) is 127. The summed E-state index contributed by atoms with van der Waals surface area (Å²) in [5.41, 5.74) is 13.5. The molecule has 0 aliphatic carbocycles. The standard InChI is InChI=1S/C58H94N10O11.2C2HF3O2/c1-13-37(8)50(45(78-11)33-46(69)68-31-19-24-44(68)51(79-12)38(9)52(70)65-43(57(75)76)32-40-20-15-14-16-21-40)67(10)56(74)49(36(6)7)66-55(73)48(35(4)5)61-29-17-22-39-25-27-41(28-26-39)63-53(71)42(23-18-30-62-58(60)77)64-54(72)47(59)34(2)3;2*3-2(4,5)1(6)7/h14-16,20-21,25-28,34-38,42-45,47-51,61H,13,17-19,22-24,29-33,59H2,1-12H3,(H,63,71)(H,64,72)(H,65,70)(H,66,73)(H,75,76)(H3,60,62,77);2*(H,6,7)/t37-,38+,42-,43-,44-,45+,47-,48-,49-,50-,51+;;/m0../s1. The van der Waals surface area contributed by atoms with Gasteiger partial charge in [0.05, 0.1) is 48.7 Å². The van der Waals surface area contributed by atoms with E-state index in [2.05, 4.69) is 31.9 Å². The van der Waals surface area contributed by atoms with Gasteiger partial charge in [-0.25, -0.2) is 19.2 Å². The molecule has 8 amide bonds. The minimum absolute atomic E-state index is 0.0659. The number of benzene rings is 2. The molecule has 31 heteroatoms. The summed E-state index contributed by atoms with van der Waals surface area (Å²) in [6.07, 6.45) is -7.71. The van der Waals surface area contributed by atoms with Crippen molar-refractivity contribution in [1.82, 2.24) is 36.4 Å². The highest BCUT2D eigenvalue weighted by Gasteiger charge is 2.44. The summed E-state index contributed by atoms with van der Waals surface area (Å²) in [6, 6.07) is 10.3. The van der Waals surface area contributed by atoms with Gasteiger partial charge in [0.1, 0.15) is 18.1 Å². The Hall–Kier alpha value is -7.64. The van der Waals surface area contributed by atoms with Crippen LogP contribution in [0.2, 0.25) is 0 Å². The number of urea groups is 1. The second kappa shape index (κ2) is 40.5. The highest BCUT2D eigenvalue weighted by Crippen LogP contribution is 2.30. The molecule has 93 heavy (non-hydrogen) atoms. The number of amides is 8. The number of halogens is 6. The summed E-state index contributed by atoms with van der Waals surface area (Å²) in [5, 5.41) is 41.5. The van der Waals surface area contributed by atoms with Crippen LogP contribution in [0.5, 0.6) is 0 Å². The number of carboxylic acids is 3. The Kier molecular flexibility index (Phi) is 36.3. The van der Waals surface area contributed by atoms with E-state index < -0.39 is 114 Å². The van der Waals surface area contributed by atoms with Crippen molar-refractivity contribution in [2.24, 2.45) is 41.1 Å². The Balaban J connectivity index is 0.00000276. The molecule has 0 aromatic heterocycles. The number of carboxylic acid groups (broad SMARTS) is 3. The Morgan fingerprint density at radius 2 is 1.24 bits per heavy atom. The van der Waals surface area contributed by atoms with Crippen molar-refractivity contribution in [2.45, 2.75) is 187 Å². The maximum atomic E-state index is 14.7. The maximum absolute atomic E-state index is 14.7. The number of nitrogens with zero attached hydrogens (tertiary/aromatic N) is 2. The number of ether oxygens (including phenoxy) is 2. The first-order valence-corrected chi connectivity index (χ1v) is 30.6. The van der Waals surface area contributed by atoms with Gasteiger partial charge < -0.3 is 78.0 Å². The van der Waals surface area contributed by atoms with Gasteiger partial charge in [0.25, 0.3) is 0 Å². The molecule has 1 saturated heterocycles. The van der Waals surface area contributed by atoms with E-state index in [9.17, 15) is 69.8 Å². The van der Waals surface area contributed by atoms with Crippen LogP contribution in [0.15, 0.2) is 54.6 Å². The summed E-state index contributed by atoms with van der Waals surface area (Å²) in [6.45, 7) is 18.1. The third kappa shape index (κ3) is 29.0. The number of likely N-dealkylation sites (N-methyl/N-ethyl adjacent to an activating group) is 1. The number of anilines is 1. The highest BCUT2D eigenvalue weighted by atomic mass is 19.4. The number of methoxy groups -OCH3 is 2. The number of primary amides is 1. The van der Waals surface area contributed by atoms with Gasteiger partial charge in [-0.1, -0.05) is 111 Å². The zero-order chi connectivity index (χ0) is 71.2. The third-order valence-electron chi connectivity index (χ3n) is 15.7. The lowest BCUT2D eigenvalue weighted by atomic mass is 9.89. The number of carbonyl (C=O) groups is 10. The van der Waals surface area contributed by atoms with Crippen LogP contribution in [0.1, 0.15) is 118 Å². The van der Waals surface area contributed by atoms with E-state index in [1.807, 2.05) is 73.6 Å². The minimum Gasteiger partial charge on any atom is -0.480 e. The Bertz CT molecular complexity index is 2690. The van der Waals surface area contributed by atoms with E-state index in [1.54, 1.807) is 60.2 Å². The van der Waals surface area contributed by atoms with E-state index in [0.29, 0.717) is 57.3 Å². The van der Waals surface area contributed by atoms with Gasteiger partial charge in [-0.2, -0.15) is 26.3 Å². The van der Waals surface area contributed by atoms with Gasteiger partial charge in [-0.3, -0.25) is 28.8 Å². The maximum Gasteiger partial charge on any atom is 0.490 e. The molecule has 13 N–H and O–H groups in total. The fourth-order valence-electron chi connectivity index (χ4n) is 10.2. The van der Waals surface area contributed by atoms with Crippen molar-refractivity contribution in [2.75, 3.05) is 46.2 Å². The predicted molar refractivity (Wildman–Crippen MR) is 332 cm³/mol. The fourth-order valence-corrected chi connectivity index (χ4v) is 10.2. The van der Waals surface area contributed by atoms with Gasteiger partial charge in [0.15, 0.2) is 0 Å². The van der Waals surface area contributed by atoms with Crippen molar-refractivity contribution < 1.29 is 99.1 Å². The number of likely N-dealkylation sites (tertiary alicyclic amines) is 1. The van der Waals surface area contributed by atoms with Crippen molar-refractivity contribution in [3.8, 4) is 0 Å². The fraction of sp³-hybridized carbons (Fsp3) is 0.645. The van der Waals surface area contributed by atoms with E-state index in [1.165, 1.54) is 14.2 Å². The molecule has 1 aliphatic rings. The van der Waals surface area contributed by atoms with Crippen LogP contribution >= 0.6 is 0 Å². The van der Waals surface area contributed by atoms with Crippen LogP contribution in [0.4, 0.5) is 36.8 Å². The van der Waals surface area contributed by atoms with Crippen molar-refractivity contribution >= 4 is 65.1 Å². The smallest absolute Gasteiger partial charge is 0.480 e. The molecular weight excluding hydrogens is 1240 g/mol. The molecule has 25 nitrogen and oxygen atoms in total. The van der Waals surface area contributed by atoms with E-state index >= 15 is 0 Å². The number of carbonyl (C=O) groups excluding carboxylic acids is 7. The molecule has 1 heterocycles. The van der Waals surface area contributed by atoms with Gasteiger partial charge in [-0.15, -0.1) is 0 Å². The largest absolute Gasteiger partial charge is 0.490 e. The van der Waals surface area contributed by atoms with Crippen LogP contribution in [0.3, 0.4) is 0 Å². The zero-order valence-electron chi connectivity index (χ0n) is 54.8. The average Bonchev–Trinajstić information content (AvgIpc) is 1.83. The molecular formula is C62H96F6N10O15. The molecule has 1 aliphatic heterocycles. The third-order valence-corrected chi connectivity index (χ3v) is 15.7. The van der Waals surface area contributed by atoms with E-state index in [0.717, 1.165) is 11.1 Å². The minimum atomic E-state index is -5.08. The highest BCUT2D eigenvalue weighted by molar-refractivity contribution is 5.98. The number of hydrogen-bond donors (Lipinski definition) is 11. The molecule has 11 atom stereocenters. The molecule has 1 fully saturated rings. The number of rotatable bonds is 34. The molecule has 0 saturated carbocycles. The number of alkyl halides is 6. The number of nitrogens with one attached hydrogen (secondary N) is 6. The molecule has 0 radical (unpaired) electrons. The quantitative estimate of drug-likeness (QED) is 0.0316. The normalized spacial score (nSPS) is 16.4. The molecule has 0 bridgehead atoms. The van der Waals surface area contributed by atoms with Gasteiger partial charge in [-0.05, 0) is 92.0 Å². The monoisotopic (exact) mass is 1330 g/mol. The summed E-state index contributed by atoms with van der Waals surface area (Å²) in [7, 11) is 4.69. The first kappa shape index (κ1) is 83.4. The van der Waals surface area contributed by atoms with Crippen LogP contribution in [0, 0.1) is 29.6 Å². The second-order valence-corrected chi connectivity index (χ2v) is 23.7. The number of aryl methyl sites for hydroxylation is 1. The first-order valence-electron chi connectivity index (χ1n) is 30.6. The summed E-state index contributed by atoms with van der Waals surface area (Å²) < 4.78 is 75.5. The molecule has 0 unspecified atom stereocenters. The van der Waals surface area contributed by atoms with Crippen molar-refractivity contribution in [3.05, 3.63) is 65.7 Å². The molecule has 526 valence electrons. The molecule has 2 aromatic rings. The van der Waals surface area contributed by atoms with E-state index in [-0.39, 0.29) is 67.2 Å². The number of hydrogen-bond acceptors (Lipinski definition) is 14. The van der Waals surface area contributed by atoms with Gasteiger partial charge in [0, 0.05) is 46.5 Å². The predicted octanol–water partition coefficient (Wildman–Crippen LogP) is 5.23. The summed E-state index contributed by atoms with van der Waals surface area (Å²) >= 11 is 0. The zero-order valence-corrected chi connectivity index (χ0v) is 54.8. The summed E-state index contributed by atoms with van der Waals surface area (Å²) in [5.74, 6) is -10.4. The van der Waals surface area contributed by atoms with Crippen LogP contribution < -0.4 is 43.4 Å². The molecule has 2 aromatic carbocycles. The lowest BCUT2D eigenvalue weighted by molar-refractivity contribution is -0.193. The van der Waals surface area contributed by atoms with Crippen molar-refractivity contribution in [1.29, 1.82) is 0 Å². The Morgan fingerprint density at radius 3 is 1.71 bits per heavy atom. The Morgan fingerprint density at radius 1 is 0.688 bits per heavy atom. The Labute approximate surface area is 538 Å². The van der Waals surface area contributed by atoms with Crippen LogP contribution in [-0.2, 0) is 65.5 Å². The lowest BCUT2D eigenvalue weighted by Crippen LogP contribution is -2.60. The number of aliphatic carboxylic acids is 3. The average molecular weight is 1340 g/mol. The molecule has 0 spiro atoms. The van der Waals surface area contributed by atoms with Crippen LogP contribution in [0.25, 0.3) is 0 Å². The van der Waals surface area contributed by atoms with Gasteiger partial charge in [0.2, 0.25) is 35.4 Å². The second-order valence-electron chi connectivity index (χ2n) is 23.7. The lowest BCUT2D eigenvalue weighted by Gasteiger charge is -2.41. The van der Waals surface area contributed by atoms with Crippen molar-refractivity contribution in [3.63, 3.8) is 0 Å². The SMILES string of the molecule is CC[C@H](C)[C@@H]([C@@H](CC(=O)N1CCC[C@H]1[C@H](OC)[C@@H](C)C(=O)N[C@@H](Cc1ccccc1)C(=O)O)OC)N(C)C(=O)[C@@H](NC(=O)[C@@H](NCCCc1ccc(NC(=O)[C@H](CCCNC(N)=O)NC(=O)[C@@H](N)C(C)C)cc1)C(C)C)C(C)C.O=C(O)C(F)(F)F.O=C(O)C(F)(F)F.